The maximum atomic E-state index is 14.3. The summed E-state index contributed by atoms with van der Waals surface area (Å²) in [6.07, 6.45) is 2.20. The second-order valence-corrected chi connectivity index (χ2v) is 10.5. The summed E-state index contributed by atoms with van der Waals surface area (Å²) in [4.78, 5) is 36.4. The van der Waals surface area contributed by atoms with Gasteiger partial charge in [0.25, 0.3) is 0 Å². The summed E-state index contributed by atoms with van der Waals surface area (Å²) in [5.41, 5.74) is 1.70. The molecule has 5 rings (SSSR count). The molecular formula is C31H30F3N5O3. The van der Waals surface area contributed by atoms with Gasteiger partial charge in [-0.1, -0.05) is 6.07 Å². The third kappa shape index (κ3) is 6.17. The van der Waals surface area contributed by atoms with Crippen molar-refractivity contribution in [2.24, 2.45) is 5.92 Å². The number of benzene rings is 2. The molecule has 42 heavy (non-hydrogen) atoms. The van der Waals surface area contributed by atoms with Gasteiger partial charge in [-0.15, -0.1) is 0 Å². The van der Waals surface area contributed by atoms with Gasteiger partial charge in [-0.25, -0.2) is 22.9 Å². The van der Waals surface area contributed by atoms with Crippen LogP contribution in [0.2, 0.25) is 0 Å². The number of likely N-dealkylation sites (tertiary alicyclic amines) is 1. The average molecular weight is 578 g/mol. The summed E-state index contributed by atoms with van der Waals surface area (Å²) in [6, 6.07) is 13.7. The molecule has 0 bridgehead atoms. The van der Waals surface area contributed by atoms with Gasteiger partial charge >= 0.3 is 6.09 Å². The van der Waals surface area contributed by atoms with Gasteiger partial charge in [-0.3, -0.25) is 4.79 Å². The summed E-state index contributed by atoms with van der Waals surface area (Å²) in [5.74, 6) is -3.05. The zero-order chi connectivity index (χ0) is 29.8. The molecule has 2 unspecified atom stereocenters. The van der Waals surface area contributed by atoms with Crippen LogP contribution in [0.15, 0.2) is 60.8 Å². The lowest BCUT2D eigenvalue weighted by Gasteiger charge is -2.34. The van der Waals surface area contributed by atoms with Crippen molar-refractivity contribution in [2.75, 3.05) is 37.6 Å². The summed E-state index contributed by atoms with van der Waals surface area (Å²) in [5, 5.41) is 8.99. The minimum absolute atomic E-state index is 0.0503. The highest BCUT2D eigenvalue weighted by Gasteiger charge is 2.43. The highest BCUT2D eigenvalue weighted by Crippen LogP contribution is 2.35. The Morgan fingerprint density at radius 1 is 1.02 bits per heavy atom. The lowest BCUT2D eigenvalue weighted by molar-refractivity contribution is -0.135. The Balaban J connectivity index is 1.32. The van der Waals surface area contributed by atoms with Crippen molar-refractivity contribution in [1.29, 1.82) is 5.26 Å². The average Bonchev–Trinajstić information content (AvgIpc) is 3.45. The van der Waals surface area contributed by atoms with Crippen molar-refractivity contribution in [2.45, 2.75) is 31.7 Å². The summed E-state index contributed by atoms with van der Waals surface area (Å²) >= 11 is 0. The van der Waals surface area contributed by atoms with Crippen LogP contribution in [0, 0.1) is 34.7 Å². The number of pyridine rings is 1. The van der Waals surface area contributed by atoms with Gasteiger partial charge in [0.1, 0.15) is 23.3 Å². The van der Waals surface area contributed by atoms with Gasteiger partial charge in [-0.2, -0.15) is 5.26 Å². The fourth-order valence-corrected chi connectivity index (χ4v) is 5.80. The first-order valence-electron chi connectivity index (χ1n) is 13.9. The van der Waals surface area contributed by atoms with E-state index in [-0.39, 0.29) is 37.2 Å². The van der Waals surface area contributed by atoms with E-state index in [2.05, 4.69) is 9.88 Å². The van der Waals surface area contributed by atoms with E-state index in [9.17, 15) is 22.8 Å². The van der Waals surface area contributed by atoms with E-state index in [1.807, 2.05) is 12.1 Å². The Morgan fingerprint density at radius 2 is 1.76 bits per heavy atom. The molecule has 0 saturated carbocycles. The number of hydrogen-bond donors (Lipinski definition) is 0. The molecule has 0 N–H and O–H groups in total. The van der Waals surface area contributed by atoms with Crippen molar-refractivity contribution in [1.82, 2.24) is 14.8 Å². The molecule has 2 saturated heterocycles. The molecule has 1 aromatic heterocycles. The molecule has 11 heteroatoms. The molecule has 0 spiro atoms. The van der Waals surface area contributed by atoms with Crippen LogP contribution in [0.3, 0.4) is 0 Å². The minimum atomic E-state index is -1.00. The summed E-state index contributed by atoms with van der Waals surface area (Å²) < 4.78 is 46.9. The summed E-state index contributed by atoms with van der Waals surface area (Å²) in [6.45, 7) is 3.72. The zero-order valence-electron chi connectivity index (χ0n) is 23.1. The van der Waals surface area contributed by atoms with E-state index >= 15 is 0 Å². The number of anilines is 1. The molecule has 2 aromatic carbocycles. The Hall–Kier alpha value is -4.59. The van der Waals surface area contributed by atoms with Crippen molar-refractivity contribution in [3.63, 3.8) is 0 Å². The maximum absolute atomic E-state index is 14.3. The molecular weight excluding hydrogens is 547 g/mol. The molecule has 2 fully saturated rings. The number of piperidine rings is 1. The van der Waals surface area contributed by atoms with Gasteiger partial charge in [0.15, 0.2) is 11.6 Å². The van der Waals surface area contributed by atoms with Crippen LogP contribution in [-0.4, -0.2) is 65.5 Å². The fourth-order valence-electron chi connectivity index (χ4n) is 5.80. The van der Waals surface area contributed by atoms with E-state index in [0.717, 1.165) is 17.8 Å². The van der Waals surface area contributed by atoms with E-state index < -0.39 is 35.5 Å². The van der Waals surface area contributed by atoms with Gasteiger partial charge in [0.05, 0.1) is 17.9 Å². The molecule has 218 valence electrons. The second-order valence-electron chi connectivity index (χ2n) is 10.5. The number of carbonyl (C=O) groups is 2. The molecule has 2 amide bonds. The topological polar surface area (TPSA) is 89.8 Å². The Bertz CT molecular complexity index is 1470. The van der Waals surface area contributed by atoms with Crippen LogP contribution in [0.1, 0.15) is 36.9 Å². The van der Waals surface area contributed by atoms with Crippen LogP contribution in [0.4, 0.5) is 23.7 Å². The van der Waals surface area contributed by atoms with E-state index in [1.54, 1.807) is 24.1 Å². The number of hydrogen-bond acceptors (Lipinski definition) is 6. The van der Waals surface area contributed by atoms with Crippen molar-refractivity contribution < 1.29 is 27.5 Å². The Kier molecular flexibility index (Phi) is 8.61. The van der Waals surface area contributed by atoms with Gasteiger partial charge in [0.2, 0.25) is 5.91 Å². The first kappa shape index (κ1) is 28.9. The first-order chi connectivity index (χ1) is 20.3. The second kappa shape index (κ2) is 12.5. The van der Waals surface area contributed by atoms with Gasteiger partial charge < -0.3 is 19.4 Å². The third-order valence-corrected chi connectivity index (χ3v) is 8.04. The van der Waals surface area contributed by atoms with E-state index in [1.165, 1.54) is 35.2 Å². The Morgan fingerprint density at radius 3 is 2.38 bits per heavy atom. The standard InChI is InChI=1S/C31H30F3N5O3/c1-2-39(31(41)42-25-8-4-22(32)5-9-25)29-19-38(18-26(29)21-3-10-27(33)28(34)15-21)30(40)20-11-13-37(14-12-20)24-7-6-23(16-35)36-17-24/h3-10,15,17,20,26,29H,2,11-14,18-19H2,1H3. The monoisotopic (exact) mass is 577 g/mol. The quantitative estimate of drug-likeness (QED) is 0.405. The van der Waals surface area contributed by atoms with E-state index in [4.69, 9.17) is 10.00 Å². The minimum Gasteiger partial charge on any atom is -0.410 e. The lowest BCUT2D eigenvalue weighted by atomic mass is 9.93. The number of aromatic nitrogens is 1. The number of amides is 2. The lowest BCUT2D eigenvalue weighted by Crippen LogP contribution is -2.47. The zero-order valence-corrected chi connectivity index (χ0v) is 23.1. The van der Waals surface area contributed by atoms with Crippen LogP contribution in [-0.2, 0) is 4.79 Å². The van der Waals surface area contributed by atoms with Crippen molar-refractivity contribution >= 4 is 17.7 Å². The van der Waals surface area contributed by atoms with Gasteiger partial charge in [-0.05, 0) is 73.9 Å². The number of likely N-dealkylation sites (N-methyl/N-ethyl adjacent to an activating group) is 1. The van der Waals surface area contributed by atoms with Crippen LogP contribution >= 0.6 is 0 Å². The van der Waals surface area contributed by atoms with Crippen molar-refractivity contribution in [3.8, 4) is 11.8 Å². The predicted octanol–water partition coefficient (Wildman–Crippen LogP) is 5.10. The SMILES string of the molecule is CCN(C(=O)Oc1ccc(F)cc1)C1CN(C(=O)C2CCN(c3ccc(C#N)nc3)CC2)CC1c1ccc(F)c(F)c1. The number of ether oxygens (including phenoxy) is 1. The van der Waals surface area contributed by atoms with Crippen LogP contribution in [0.25, 0.3) is 0 Å². The van der Waals surface area contributed by atoms with E-state index in [0.29, 0.717) is 37.2 Å². The third-order valence-electron chi connectivity index (χ3n) is 8.04. The highest BCUT2D eigenvalue weighted by atomic mass is 19.2. The number of nitrogens with zero attached hydrogens (tertiary/aromatic N) is 5. The number of nitriles is 1. The maximum Gasteiger partial charge on any atom is 0.415 e. The number of halogens is 3. The Labute approximate surface area is 241 Å². The van der Waals surface area contributed by atoms with Crippen molar-refractivity contribution in [3.05, 3.63) is 89.5 Å². The normalized spacial score (nSPS) is 18.9. The molecule has 3 aromatic rings. The highest BCUT2D eigenvalue weighted by molar-refractivity contribution is 5.80. The molecule has 0 aliphatic carbocycles. The van der Waals surface area contributed by atoms with Crippen LogP contribution < -0.4 is 9.64 Å². The van der Waals surface area contributed by atoms with Crippen LogP contribution in [0.5, 0.6) is 5.75 Å². The predicted molar refractivity (Wildman–Crippen MR) is 148 cm³/mol. The van der Waals surface area contributed by atoms with Gasteiger partial charge in [0, 0.05) is 44.6 Å². The molecule has 3 heterocycles. The molecule has 0 radical (unpaired) electrons. The molecule has 2 aliphatic heterocycles. The smallest absolute Gasteiger partial charge is 0.410 e. The molecule has 8 nitrogen and oxygen atoms in total. The largest absolute Gasteiger partial charge is 0.415 e. The fraction of sp³-hybridized carbons (Fsp3) is 0.355. The number of carbonyl (C=O) groups excluding carboxylic acids is 2. The molecule has 2 aliphatic rings. The summed E-state index contributed by atoms with van der Waals surface area (Å²) in [7, 11) is 0. The number of rotatable bonds is 6. The first-order valence-corrected chi connectivity index (χ1v) is 13.9. The molecule has 2 atom stereocenters.